The second-order valence-electron chi connectivity index (χ2n) is 7.00. The molecule has 4 rings (SSSR count). The van der Waals surface area contributed by atoms with Crippen LogP contribution in [0.5, 0.6) is 5.75 Å². The van der Waals surface area contributed by atoms with E-state index >= 15 is 0 Å². The molecule has 0 unspecified atom stereocenters. The number of carbonyl (C=O) groups excluding carboxylic acids is 1. The normalized spacial score (nSPS) is 11.0. The van der Waals surface area contributed by atoms with E-state index in [9.17, 15) is 14.7 Å². The highest BCUT2D eigenvalue weighted by Crippen LogP contribution is 2.26. The van der Waals surface area contributed by atoms with E-state index in [4.69, 9.17) is 0 Å². The Hall–Kier alpha value is -3.87. The second kappa shape index (κ2) is 7.27. The molecule has 0 aliphatic carbocycles. The van der Waals surface area contributed by atoms with Gasteiger partial charge in [-0.1, -0.05) is 42.5 Å². The molecule has 0 atom stereocenters. The van der Waals surface area contributed by atoms with Gasteiger partial charge < -0.3 is 15.4 Å². The third-order valence-electron chi connectivity index (χ3n) is 4.83. The molecule has 0 radical (unpaired) electrons. The second-order valence-corrected chi connectivity index (χ2v) is 7.00. The lowest BCUT2D eigenvalue weighted by Crippen LogP contribution is -2.24. The first kappa shape index (κ1) is 18.5. The number of hydrogen-bond acceptors (Lipinski definition) is 4. The molecule has 146 valence electrons. The molecule has 7 heteroatoms. The van der Waals surface area contributed by atoms with Gasteiger partial charge in [0, 0.05) is 5.69 Å². The Labute approximate surface area is 166 Å². The smallest absolute Gasteiger partial charge is 0.266 e. The summed E-state index contributed by atoms with van der Waals surface area (Å²) in [5.41, 5.74) is 2.77. The Balaban J connectivity index is 1.72. The molecule has 2 aromatic carbocycles. The lowest BCUT2D eigenvalue weighted by molar-refractivity contribution is 0.102. The van der Waals surface area contributed by atoms with Gasteiger partial charge >= 0.3 is 0 Å². The summed E-state index contributed by atoms with van der Waals surface area (Å²) in [7, 11) is 0. The van der Waals surface area contributed by atoms with Gasteiger partial charge in [0.1, 0.15) is 17.0 Å². The van der Waals surface area contributed by atoms with Crippen LogP contribution in [0.3, 0.4) is 0 Å². The number of nitrogens with zero attached hydrogens (tertiary/aromatic N) is 2. The van der Waals surface area contributed by atoms with Gasteiger partial charge in [0.15, 0.2) is 0 Å². The Morgan fingerprint density at radius 2 is 1.93 bits per heavy atom. The first-order chi connectivity index (χ1) is 13.9. The molecule has 0 spiro atoms. The summed E-state index contributed by atoms with van der Waals surface area (Å²) in [4.78, 5) is 28.0. The van der Waals surface area contributed by atoms with E-state index in [2.05, 4.69) is 15.4 Å². The number of H-pyrrole nitrogens is 1. The monoisotopic (exact) mass is 388 g/mol. The number of aryl methyl sites for hydroxylation is 2. The Morgan fingerprint density at radius 3 is 2.69 bits per heavy atom. The molecule has 29 heavy (non-hydrogen) atoms. The van der Waals surface area contributed by atoms with Crippen LogP contribution in [0.4, 0.5) is 5.69 Å². The molecule has 2 aromatic heterocycles. The maximum absolute atomic E-state index is 12.7. The molecule has 0 fully saturated rings. The summed E-state index contributed by atoms with van der Waals surface area (Å²) in [6, 6.07) is 15.3. The van der Waals surface area contributed by atoms with Gasteiger partial charge in [-0.15, -0.1) is 0 Å². The number of aromatic amines is 1. The summed E-state index contributed by atoms with van der Waals surface area (Å²) >= 11 is 0. The number of aromatic hydroxyl groups is 1. The van der Waals surface area contributed by atoms with Crippen molar-refractivity contribution in [3.05, 3.63) is 87.3 Å². The summed E-state index contributed by atoms with van der Waals surface area (Å²) in [5, 5.41) is 17.9. The van der Waals surface area contributed by atoms with Crippen molar-refractivity contribution in [2.75, 3.05) is 5.32 Å². The third-order valence-corrected chi connectivity index (χ3v) is 4.83. The van der Waals surface area contributed by atoms with E-state index in [0.29, 0.717) is 23.3 Å². The zero-order valence-corrected chi connectivity index (χ0v) is 16.1. The quantitative estimate of drug-likeness (QED) is 0.499. The van der Waals surface area contributed by atoms with Gasteiger partial charge in [-0.3, -0.25) is 9.59 Å². The molecular weight excluding hydrogens is 368 g/mol. The van der Waals surface area contributed by atoms with E-state index in [1.165, 1.54) is 6.20 Å². The zero-order chi connectivity index (χ0) is 20.5. The van der Waals surface area contributed by atoms with Crippen LogP contribution in [0.1, 0.15) is 27.0 Å². The van der Waals surface area contributed by atoms with Crippen molar-refractivity contribution in [1.29, 1.82) is 0 Å². The number of aromatic nitrogens is 3. The molecule has 3 N–H and O–H groups in total. The van der Waals surface area contributed by atoms with Gasteiger partial charge in [-0.05, 0) is 36.6 Å². The Kier molecular flexibility index (Phi) is 4.64. The van der Waals surface area contributed by atoms with Crippen molar-refractivity contribution < 1.29 is 9.90 Å². The largest absolute Gasteiger partial charge is 0.506 e. The van der Waals surface area contributed by atoms with Gasteiger partial charge in [0.05, 0.1) is 18.1 Å². The maximum Gasteiger partial charge on any atom is 0.266 e. The van der Waals surface area contributed by atoms with Crippen molar-refractivity contribution in [3.8, 4) is 5.75 Å². The molecule has 7 nitrogen and oxygen atoms in total. The van der Waals surface area contributed by atoms with Crippen LogP contribution >= 0.6 is 0 Å². The molecular formula is C22H20N4O3. The minimum absolute atomic E-state index is 0.312. The predicted molar refractivity (Wildman–Crippen MR) is 111 cm³/mol. The van der Waals surface area contributed by atoms with Gasteiger partial charge in [-0.2, -0.15) is 5.10 Å². The van der Waals surface area contributed by atoms with Crippen LogP contribution in [-0.4, -0.2) is 25.8 Å². The molecule has 2 heterocycles. The predicted octanol–water partition coefficient (Wildman–Crippen LogP) is 3.35. The van der Waals surface area contributed by atoms with Crippen molar-refractivity contribution in [3.63, 3.8) is 0 Å². The molecule has 0 saturated heterocycles. The van der Waals surface area contributed by atoms with E-state index in [1.807, 2.05) is 62.4 Å². The van der Waals surface area contributed by atoms with Gasteiger partial charge in [0.25, 0.3) is 11.5 Å². The van der Waals surface area contributed by atoms with Crippen molar-refractivity contribution >= 4 is 22.6 Å². The molecule has 4 aromatic rings. The summed E-state index contributed by atoms with van der Waals surface area (Å²) in [6.45, 7) is 4.19. The number of pyridine rings is 1. The number of nitrogens with one attached hydrogen (secondary N) is 2. The van der Waals surface area contributed by atoms with Crippen molar-refractivity contribution in [2.24, 2.45) is 0 Å². The fourth-order valence-corrected chi connectivity index (χ4v) is 3.24. The van der Waals surface area contributed by atoms with Crippen LogP contribution in [0.15, 0.2) is 59.5 Å². The fourth-order valence-electron chi connectivity index (χ4n) is 3.24. The van der Waals surface area contributed by atoms with Gasteiger partial charge in [-0.25, -0.2) is 4.68 Å². The van der Waals surface area contributed by atoms with Crippen LogP contribution in [0.25, 0.3) is 11.0 Å². The third kappa shape index (κ3) is 3.50. The number of rotatable bonds is 4. The minimum atomic E-state index is -0.674. The molecule has 0 bridgehead atoms. The Morgan fingerprint density at radius 1 is 1.17 bits per heavy atom. The first-order valence-corrected chi connectivity index (χ1v) is 9.17. The van der Waals surface area contributed by atoms with Crippen LogP contribution in [0, 0.1) is 13.8 Å². The number of hydrogen-bond donors (Lipinski definition) is 3. The topological polar surface area (TPSA) is 100 Å². The number of fused-ring (bicyclic) bond motifs is 1. The highest BCUT2D eigenvalue weighted by molar-refractivity contribution is 6.09. The van der Waals surface area contributed by atoms with Crippen molar-refractivity contribution in [2.45, 2.75) is 20.4 Å². The summed E-state index contributed by atoms with van der Waals surface area (Å²) < 4.78 is 1.58. The molecule has 1 amide bonds. The van der Waals surface area contributed by atoms with E-state index in [-0.39, 0.29) is 11.3 Å². The highest BCUT2D eigenvalue weighted by atomic mass is 16.3. The number of amides is 1. The highest BCUT2D eigenvalue weighted by Gasteiger charge is 2.22. The summed E-state index contributed by atoms with van der Waals surface area (Å²) in [5.74, 6) is -1.05. The number of benzene rings is 2. The van der Waals surface area contributed by atoms with E-state index in [0.717, 1.165) is 16.7 Å². The number of carbonyl (C=O) groups is 1. The van der Waals surface area contributed by atoms with Crippen LogP contribution in [-0.2, 0) is 6.54 Å². The van der Waals surface area contributed by atoms with Gasteiger partial charge in [0.2, 0.25) is 0 Å². The molecule has 0 aliphatic heterocycles. The lowest BCUT2D eigenvalue weighted by Gasteiger charge is -2.10. The number of anilines is 1. The molecule has 0 aliphatic rings. The lowest BCUT2D eigenvalue weighted by atomic mass is 10.1. The average molecular weight is 388 g/mol. The Bertz CT molecular complexity index is 1270. The fraction of sp³-hybridized carbons (Fsp3) is 0.136. The van der Waals surface area contributed by atoms with Crippen LogP contribution in [0.2, 0.25) is 0 Å². The average Bonchev–Trinajstić information content (AvgIpc) is 3.08. The zero-order valence-electron chi connectivity index (χ0n) is 16.1. The maximum atomic E-state index is 12.7. The molecule has 0 saturated carbocycles. The minimum Gasteiger partial charge on any atom is -0.506 e. The van der Waals surface area contributed by atoms with E-state index in [1.54, 1.807) is 4.68 Å². The summed E-state index contributed by atoms with van der Waals surface area (Å²) in [6.07, 6.45) is 1.44. The SMILES string of the molecule is Cc1ccc(C)c(NC(=O)c2c(O)c3cnn(Cc4ccccc4)c3[nH]c2=O)c1. The first-order valence-electron chi connectivity index (χ1n) is 9.17. The standard InChI is InChI=1S/C22H20N4O3/c1-13-8-9-14(2)17(10-13)24-21(28)18-19(27)16-11-23-26(20(16)25-22(18)29)12-15-6-4-3-5-7-15/h3-11H,12H2,1-2H3,(H,24,28)(H2,25,27,29). The van der Waals surface area contributed by atoms with Crippen LogP contribution < -0.4 is 10.9 Å². The van der Waals surface area contributed by atoms with Crippen molar-refractivity contribution in [1.82, 2.24) is 14.8 Å². The van der Waals surface area contributed by atoms with E-state index < -0.39 is 11.5 Å².